The van der Waals surface area contributed by atoms with Crippen molar-refractivity contribution in [2.75, 3.05) is 5.32 Å². The minimum Gasteiger partial charge on any atom is -0.326 e. The molecule has 4 aromatic carbocycles. The van der Waals surface area contributed by atoms with Crippen LogP contribution in [0.5, 0.6) is 0 Å². The molecule has 33 heavy (non-hydrogen) atoms. The van der Waals surface area contributed by atoms with Gasteiger partial charge in [0.2, 0.25) is 5.91 Å². The molecule has 0 aliphatic rings. The lowest BCUT2D eigenvalue weighted by Gasteiger charge is -2.11. The van der Waals surface area contributed by atoms with Crippen molar-refractivity contribution in [3.8, 4) is 16.9 Å². The van der Waals surface area contributed by atoms with Crippen LogP contribution in [-0.4, -0.2) is 15.7 Å². The van der Waals surface area contributed by atoms with Gasteiger partial charge in [-0.25, -0.2) is 4.68 Å². The molecule has 0 spiro atoms. The average molecular weight is 445 g/mol. The molecule has 0 atom stereocenters. The summed E-state index contributed by atoms with van der Waals surface area (Å²) in [4.78, 5) is 11.3. The van der Waals surface area contributed by atoms with E-state index in [1.54, 1.807) is 24.3 Å². The van der Waals surface area contributed by atoms with Crippen LogP contribution in [0.1, 0.15) is 12.6 Å². The van der Waals surface area contributed by atoms with Gasteiger partial charge in [0.25, 0.3) is 0 Å². The number of anilines is 1. The van der Waals surface area contributed by atoms with Crippen molar-refractivity contribution in [3.05, 3.63) is 90.6 Å². The number of carbonyl (C=O) groups excluding carboxylic acids is 1. The van der Waals surface area contributed by atoms with Crippen LogP contribution in [0.3, 0.4) is 0 Å². The molecular formula is C26H18F3N3O. The summed E-state index contributed by atoms with van der Waals surface area (Å²) < 4.78 is 41.9. The molecule has 7 heteroatoms. The van der Waals surface area contributed by atoms with Gasteiger partial charge in [0.15, 0.2) is 5.69 Å². The number of hydrogen-bond donors (Lipinski definition) is 1. The van der Waals surface area contributed by atoms with E-state index in [9.17, 15) is 18.0 Å². The molecule has 1 amide bonds. The number of aromatic nitrogens is 2. The normalized spacial score (nSPS) is 11.8. The van der Waals surface area contributed by atoms with Crippen LogP contribution in [0.25, 0.3) is 38.5 Å². The van der Waals surface area contributed by atoms with Crippen molar-refractivity contribution < 1.29 is 18.0 Å². The molecule has 0 unspecified atom stereocenters. The summed E-state index contributed by atoms with van der Waals surface area (Å²) in [5.41, 5.74) is 0.972. The monoisotopic (exact) mass is 445 g/mol. The highest BCUT2D eigenvalue weighted by Crippen LogP contribution is 2.35. The standard InChI is InChI=1S/C26H18F3N3O/c1-16(33)30-20-9-11-21(12-10-20)32-24(15-25(31-32)26(27,28)29)19-8-13-23-18(14-19)7-6-17-4-2-3-5-22(17)23/h2-15H,1H3,(H,30,33). The van der Waals surface area contributed by atoms with Crippen molar-refractivity contribution in [1.29, 1.82) is 0 Å². The summed E-state index contributed by atoms with van der Waals surface area (Å²) in [6.07, 6.45) is -4.58. The fraction of sp³-hybridized carbons (Fsp3) is 0.0769. The Kier molecular flexibility index (Phi) is 4.89. The average Bonchev–Trinajstić information content (AvgIpc) is 3.25. The van der Waals surface area contributed by atoms with Crippen molar-refractivity contribution in [3.63, 3.8) is 0 Å². The Bertz CT molecular complexity index is 1500. The number of carbonyl (C=O) groups is 1. The van der Waals surface area contributed by atoms with Crippen LogP contribution in [0, 0.1) is 0 Å². The van der Waals surface area contributed by atoms with Crippen LogP contribution in [0.2, 0.25) is 0 Å². The molecule has 5 aromatic rings. The maximum Gasteiger partial charge on any atom is 0.435 e. The molecule has 0 fully saturated rings. The van der Waals surface area contributed by atoms with Crippen molar-refractivity contribution in [2.24, 2.45) is 0 Å². The van der Waals surface area contributed by atoms with Gasteiger partial charge in [0.1, 0.15) is 0 Å². The molecule has 5 rings (SSSR count). The molecule has 1 N–H and O–H groups in total. The third-order valence-electron chi connectivity index (χ3n) is 5.47. The van der Waals surface area contributed by atoms with Crippen LogP contribution in [0.15, 0.2) is 84.9 Å². The van der Waals surface area contributed by atoms with Gasteiger partial charge in [-0.05, 0) is 57.9 Å². The van der Waals surface area contributed by atoms with Gasteiger partial charge in [0, 0.05) is 18.2 Å². The second-order valence-corrected chi connectivity index (χ2v) is 7.78. The number of fused-ring (bicyclic) bond motifs is 3. The fourth-order valence-electron chi connectivity index (χ4n) is 3.98. The van der Waals surface area contributed by atoms with Gasteiger partial charge in [0.05, 0.1) is 11.4 Å². The van der Waals surface area contributed by atoms with E-state index in [1.807, 2.05) is 54.6 Å². The molecule has 0 aliphatic carbocycles. The van der Waals surface area contributed by atoms with E-state index >= 15 is 0 Å². The van der Waals surface area contributed by atoms with Gasteiger partial charge >= 0.3 is 6.18 Å². The van der Waals surface area contributed by atoms with E-state index in [-0.39, 0.29) is 5.91 Å². The maximum atomic E-state index is 13.5. The van der Waals surface area contributed by atoms with Crippen molar-refractivity contribution in [1.82, 2.24) is 9.78 Å². The highest BCUT2D eigenvalue weighted by atomic mass is 19.4. The lowest BCUT2D eigenvalue weighted by atomic mass is 9.99. The predicted molar refractivity (Wildman–Crippen MR) is 123 cm³/mol. The number of hydrogen-bond acceptors (Lipinski definition) is 2. The molecule has 4 nitrogen and oxygen atoms in total. The summed E-state index contributed by atoms with van der Waals surface area (Å²) in [5.74, 6) is -0.231. The Hall–Kier alpha value is -4.13. The summed E-state index contributed by atoms with van der Waals surface area (Å²) in [6.45, 7) is 1.39. The maximum absolute atomic E-state index is 13.5. The first-order chi connectivity index (χ1) is 15.8. The summed E-state index contributed by atoms with van der Waals surface area (Å²) in [7, 11) is 0. The molecule has 0 saturated carbocycles. The molecule has 0 radical (unpaired) electrons. The number of amides is 1. The highest BCUT2D eigenvalue weighted by molar-refractivity contribution is 6.08. The van der Waals surface area contributed by atoms with Gasteiger partial charge in [-0.1, -0.05) is 48.5 Å². The van der Waals surface area contributed by atoms with Crippen molar-refractivity contribution >= 4 is 33.1 Å². The molecule has 0 bridgehead atoms. The zero-order chi connectivity index (χ0) is 23.2. The Labute approximate surface area is 187 Å². The lowest BCUT2D eigenvalue weighted by Crippen LogP contribution is -2.08. The van der Waals surface area contributed by atoms with E-state index in [2.05, 4.69) is 10.4 Å². The second kappa shape index (κ2) is 7.78. The van der Waals surface area contributed by atoms with Crippen LogP contribution < -0.4 is 5.32 Å². The number of rotatable bonds is 3. The quantitative estimate of drug-likeness (QED) is 0.310. The first-order valence-corrected chi connectivity index (χ1v) is 10.3. The van der Waals surface area contributed by atoms with Gasteiger partial charge in [-0.15, -0.1) is 0 Å². The lowest BCUT2D eigenvalue weighted by molar-refractivity contribution is -0.141. The van der Waals surface area contributed by atoms with Crippen LogP contribution in [-0.2, 0) is 11.0 Å². The smallest absolute Gasteiger partial charge is 0.326 e. The van der Waals surface area contributed by atoms with E-state index in [0.717, 1.165) is 27.6 Å². The van der Waals surface area contributed by atoms with Crippen molar-refractivity contribution in [2.45, 2.75) is 13.1 Å². The van der Waals surface area contributed by atoms with Gasteiger partial charge < -0.3 is 5.32 Å². The second-order valence-electron chi connectivity index (χ2n) is 7.78. The number of nitrogens with one attached hydrogen (secondary N) is 1. The van der Waals surface area contributed by atoms with Gasteiger partial charge in [-0.2, -0.15) is 18.3 Å². The predicted octanol–water partition coefficient (Wildman–Crippen LogP) is 6.82. The molecule has 0 saturated heterocycles. The van der Waals surface area contributed by atoms with E-state index in [0.29, 0.717) is 22.6 Å². The van der Waals surface area contributed by atoms with Crippen LogP contribution >= 0.6 is 0 Å². The van der Waals surface area contributed by atoms with Crippen LogP contribution in [0.4, 0.5) is 18.9 Å². The SMILES string of the molecule is CC(=O)Nc1ccc(-n2nc(C(F)(F)F)cc2-c2ccc3c(ccc4ccccc43)c2)cc1. The minimum atomic E-state index is -4.58. The number of alkyl halides is 3. The largest absolute Gasteiger partial charge is 0.435 e. The first kappa shape index (κ1) is 20.8. The van der Waals surface area contributed by atoms with E-state index < -0.39 is 11.9 Å². The zero-order valence-electron chi connectivity index (χ0n) is 17.5. The fourth-order valence-corrected chi connectivity index (χ4v) is 3.98. The molecule has 0 aliphatic heterocycles. The number of nitrogens with zero attached hydrogens (tertiary/aromatic N) is 2. The van der Waals surface area contributed by atoms with Gasteiger partial charge in [-0.3, -0.25) is 4.79 Å². The molecule has 1 heterocycles. The summed E-state index contributed by atoms with van der Waals surface area (Å²) in [5, 5.41) is 10.6. The third kappa shape index (κ3) is 3.93. The number of halogens is 3. The van der Waals surface area contributed by atoms with E-state index in [1.165, 1.54) is 11.6 Å². The summed E-state index contributed by atoms with van der Waals surface area (Å²) in [6, 6.07) is 25.1. The Morgan fingerprint density at radius 2 is 1.55 bits per heavy atom. The zero-order valence-corrected chi connectivity index (χ0v) is 17.5. The number of benzene rings is 4. The minimum absolute atomic E-state index is 0.231. The third-order valence-corrected chi connectivity index (χ3v) is 5.47. The Morgan fingerprint density at radius 3 is 2.27 bits per heavy atom. The molecular weight excluding hydrogens is 427 g/mol. The first-order valence-electron chi connectivity index (χ1n) is 10.3. The van der Waals surface area contributed by atoms with E-state index in [4.69, 9.17) is 0 Å². The summed E-state index contributed by atoms with van der Waals surface area (Å²) >= 11 is 0. The Balaban J connectivity index is 1.65. The molecule has 1 aromatic heterocycles. The highest BCUT2D eigenvalue weighted by Gasteiger charge is 2.35. The topological polar surface area (TPSA) is 46.9 Å². The Morgan fingerprint density at radius 1 is 0.848 bits per heavy atom. The molecule has 164 valence electrons.